The van der Waals surface area contributed by atoms with E-state index >= 15 is 0 Å². The third-order valence-electron chi connectivity index (χ3n) is 7.15. The number of nitrogens with one attached hydrogen (secondary N) is 1. The van der Waals surface area contributed by atoms with E-state index in [1.807, 2.05) is 33.8 Å². The highest BCUT2D eigenvalue weighted by atomic mass is 32.2. The molecule has 2 amide bonds. The van der Waals surface area contributed by atoms with Gasteiger partial charge in [-0.3, -0.25) is 13.9 Å². The number of ether oxygens (including phenoxy) is 2. The Kier molecular flexibility index (Phi) is 11.2. The number of carbonyl (C=O) groups excluding carboxylic acids is 2. The number of nitrogens with zero attached hydrogens (tertiary/aromatic N) is 2. The first-order valence-electron chi connectivity index (χ1n) is 14.0. The minimum Gasteiger partial charge on any atom is -0.493 e. The molecule has 43 heavy (non-hydrogen) atoms. The second-order valence-corrected chi connectivity index (χ2v) is 12.4. The molecule has 2 atom stereocenters. The van der Waals surface area contributed by atoms with E-state index < -0.39 is 34.3 Å². The van der Waals surface area contributed by atoms with Gasteiger partial charge in [0.15, 0.2) is 11.5 Å². The number of halogens is 1. The smallest absolute Gasteiger partial charge is 0.264 e. The topological polar surface area (TPSA) is 105 Å². The largest absolute Gasteiger partial charge is 0.493 e. The van der Waals surface area contributed by atoms with Crippen molar-refractivity contribution >= 4 is 27.5 Å². The number of carbonyl (C=O) groups is 2. The van der Waals surface area contributed by atoms with Crippen molar-refractivity contribution in [3.63, 3.8) is 0 Å². The van der Waals surface area contributed by atoms with E-state index in [9.17, 15) is 22.4 Å². The van der Waals surface area contributed by atoms with Crippen molar-refractivity contribution in [1.82, 2.24) is 10.2 Å². The van der Waals surface area contributed by atoms with Crippen molar-refractivity contribution in [2.75, 3.05) is 25.1 Å². The Bertz CT molecular complexity index is 1520. The summed E-state index contributed by atoms with van der Waals surface area (Å²) >= 11 is 0. The molecule has 3 rings (SSSR count). The first-order chi connectivity index (χ1) is 20.3. The summed E-state index contributed by atoms with van der Waals surface area (Å²) in [5.74, 6) is -0.873. The van der Waals surface area contributed by atoms with Gasteiger partial charge in [-0.25, -0.2) is 12.8 Å². The lowest BCUT2D eigenvalue weighted by Crippen LogP contribution is -2.52. The average Bonchev–Trinajstić information content (AvgIpc) is 2.97. The number of aryl methyl sites for hydroxylation is 2. The lowest BCUT2D eigenvalue weighted by atomic mass is 10.1. The lowest BCUT2D eigenvalue weighted by Gasteiger charge is -2.32. The van der Waals surface area contributed by atoms with Crippen molar-refractivity contribution < 1.29 is 31.9 Å². The molecule has 0 saturated heterocycles. The fraction of sp³-hybridized carbons (Fsp3) is 0.375. The molecule has 11 heteroatoms. The second kappa shape index (κ2) is 14.4. The summed E-state index contributed by atoms with van der Waals surface area (Å²) in [6.07, 6.45) is 0.689. The van der Waals surface area contributed by atoms with E-state index in [1.54, 1.807) is 19.1 Å². The molecule has 0 aromatic heterocycles. The molecule has 0 spiro atoms. The number of benzene rings is 3. The minimum absolute atomic E-state index is 0.0364. The Balaban J connectivity index is 2.10. The number of hydrogen-bond donors (Lipinski definition) is 1. The highest BCUT2D eigenvalue weighted by molar-refractivity contribution is 7.92. The van der Waals surface area contributed by atoms with Crippen LogP contribution in [0.5, 0.6) is 11.5 Å². The number of rotatable bonds is 13. The molecule has 0 aliphatic rings. The van der Waals surface area contributed by atoms with E-state index in [1.165, 1.54) is 61.6 Å². The number of sulfonamides is 1. The van der Waals surface area contributed by atoms with Crippen LogP contribution < -0.4 is 19.1 Å². The molecule has 232 valence electrons. The SMILES string of the molecule is CC[C@@H](C)NC(=O)[C@H](C)N(Cc1ccc(F)cc1)C(=O)CN(c1cc(C)cc(C)c1)S(=O)(=O)c1ccc(OC)c(OC)c1. The average molecular weight is 614 g/mol. The maximum Gasteiger partial charge on any atom is 0.264 e. The number of methoxy groups -OCH3 is 2. The normalized spacial score (nSPS) is 12.7. The predicted octanol–water partition coefficient (Wildman–Crippen LogP) is 4.99. The quantitative estimate of drug-likeness (QED) is 0.291. The van der Waals surface area contributed by atoms with Crippen LogP contribution in [0.1, 0.15) is 43.9 Å². The Morgan fingerprint density at radius 3 is 2.07 bits per heavy atom. The number of amides is 2. The molecule has 3 aromatic rings. The summed E-state index contributed by atoms with van der Waals surface area (Å²) in [7, 11) is -1.47. The lowest BCUT2D eigenvalue weighted by molar-refractivity contribution is -0.139. The van der Waals surface area contributed by atoms with Crippen LogP contribution in [0, 0.1) is 19.7 Å². The number of anilines is 1. The predicted molar refractivity (Wildman–Crippen MR) is 164 cm³/mol. The zero-order valence-electron chi connectivity index (χ0n) is 25.7. The summed E-state index contributed by atoms with van der Waals surface area (Å²) < 4.78 is 53.7. The van der Waals surface area contributed by atoms with Gasteiger partial charge < -0.3 is 19.7 Å². The zero-order valence-corrected chi connectivity index (χ0v) is 26.5. The van der Waals surface area contributed by atoms with Gasteiger partial charge in [-0.05, 0) is 87.2 Å². The van der Waals surface area contributed by atoms with Crippen molar-refractivity contribution in [2.24, 2.45) is 0 Å². The molecule has 0 heterocycles. The molecular formula is C32H40FN3O6S. The van der Waals surface area contributed by atoms with Gasteiger partial charge in [0.2, 0.25) is 11.8 Å². The number of hydrogen-bond acceptors (Lipinski definition) is 6. The van der Waals surface area contributed by atoms with Gasteiger partial charge in [-0.15, -0.1) is 0 Å². The molecular weight excluding hydrogens is 573 g/mol. The standard InChI is InChI=1S/C32H40FN3O6S/c1-8-23(4)34-32(38)24(5)35(19-25-9-11-26(33)12-10-25)31(37)20-36(27-16-21(2)15-22(3)17-27)43(39,40)28-13-14-29(41-6)30(18-28)42-7/h9-18,23-24H,8,19-20H2,1-7H3,(H,34,38)/t23-,24+/m1/s1. The van der Waals surface area contributed by atoms with E-state index in [2.05, 4.69) is 5.32 Å². The van der Waals surface area contributed by atoms with E-state index in [0.29, 0.717) is 23.4 Å². The van der Waals surface area contributed by atoms with Crippen LogP contribution in [0.3, 0.4) is 0 Å². The molecule has 0 aliphatic heterocycles. The fourth-order valence-corrected chi connectivity index (χ4v) is 5.98. The van der Waals surface area contributed by atoms with Gasteiger partial charge >= 0.3 is 0 Å². The molecule has 0 radical (unpaired) electrons. The minimum atomic E-state index is -4.32. The molecule has 9 nitrogen and oxygen atoms in total. The molecule has 3 aromatic carbocycles. The first kappa shape index (κ1) is 33.4. The third-order valence-corrected chi connectivity index (χ3v) is 8.92. The van der Waals surface area contributed by atoms with Gasteiger partial charge in [0.1, 0.15) is 18.4 Å². The Labute approximate surface area is 253 Å². The van der Waals surface area contributed by atoms with Crippen molar-refractivity contribution in [1.29, 1.82) is 0 Å². The summed E-state index contributed by atoms with van der Waals surface area (Å²) in [5, 5.41) is 2.89. The van der Waals surface area contributed by atoms with Gasteiger partial charge in [0, 0.05) is 18.7 Å². The van der Waals surface area contributed by atoms with Crippen LogP contribution in [-0.2, 0) is 26.2 Å². The van der Waals surface area contributed by atoms with Crippen LogP contribution in [0.25, 0.3) is 0 Å². The molecule has 0 fully saturated rings. The van der Waals surface area contributed by atoms with Crippen molar-refractivity contribution in [3.8, 4) is 11.5 Å². The Morgan fingerprint density at radius 1 is 0.907 bits per heavy atom. The van der Waals surface area contributed by atoms with E-state index in [4.69, 9.17) is 9.47 Å². The maximum atomic E-state index is 14.2. The third kappa shape index (κ3) is 8.25. The maximum absolute atomic E-state index is 14.2. The monoisotopic (exact) mass is 613 g/mol. The Morgan fingerprint density at radius 2 is 1.51 bits per heavy atom. The van der Waals surface area contributed by atoms with Gasteiger partial charge in [-0.1, -0.05) is 25.1 Å². The van der Waals surface area contributed by atoms with Crippen LogP contribution in [0.15, 0.2) is 65.6 Å². The van der Waals surface area contributed by atoms with Gasteiger partial charge in [-0.2, -0.15) is 0 Å². The molecule has 0 aliphatic carbocycles. The highest BCUT2D eigenvalue weighted by Gasteiger charge is 2.33. The van der Waals surface area contributed by atoms with Gasteiger partial charge in [0.05, 0.1) is 24.8 Å². The van der Waals surface area contributed by atoms with Crippen LogP contribution in [-0.4, -0.2) is 58.0 Å². The second-order valence-electron chi connectivity index (χ2n) is 10.5. The van der Waals surface area contributed by atoms with Crippen LogP contribution in [0.4, 0.5) is 10.1 Å². The van der Waals surface area contributed by atoms with Crippen molar-refractivity contribution in [3.05, 3.63) is 83.2 Å². The highest BCUT2D eigenvalue weighted by Crippen LogP contribution is 2.33. The zero-order chi connectivity index (χ0) is 31.9. The molecule has 0 bridgehead atoms. The first-order valence-corrected chi connectivity index (χ1v) is 15.4. The van der Waals surface area contributed by atoms with E-state index in [-0.39, 0.29) is 29.1 Å². The summed E-state index contributed by atoms with van der Waals surface area (Å²) in [6, 6.07) is 14.0. The molecule has 1 N–H and O–H groups in total. The fourth-order valence-electron chi connectivity index (χ4n) is 4.56. The van der Waals surface area contributed by atoms with Gasteiger partial charge in [0.25, 0.3) is 10.0 Å². The van der Waals surface area contributed by atoms with Crippen LogP contribution >= 0.6 is 0 Å². The summed E-state index contributed by atoms with van der Waals surface area (Å²) in [6.45, 7) is 8.41. The summed E-state index contributed by atoms with van der Waals surface area (Å²) in [5.41, 5.74) is 2.48. The molecule has 0 saturated carbocycles. The van der Waals surface area contributed by atoms with Crippen LogP contribution in [0.2, 0.25) is 0 Å². The van der Waals surface area contributed by atoms with Crippen molar-refractivity contribution in [2.45, 2.75) is 64.6 Å². The summed E-state index contributed by atoms with van der Waals surface area (Å²) in [4.78, 5) is 28.5. The Hall–Kier alpha value is -4.12. The van der Waals surface area contributed by atoms with E-state index in [0.717, 1.165) is 15.4 Å². The molecule has 0 unspecified atom stereocenters.